The van der Waals surface area contributed by atoms with Gasteiger partial charge >= 0.3 is 5.69 Å². The molecular weight excluding hydrogens is 690 g/mol. The first-order chi connectivity index (χ1) is 22.9. The molecule has 0 heterocycles. The maximum atomic E-state index is 13.4. The van der Waals surface area contributed by atoms with E-state index in [0.717, 1.165) is 49.1 Å². The van der Waals surface area contributed by atoms with Gasteiger partial charge in [-0.25, -0.2) is 0 Å². The molecule has 0 aliphatic rings. The molecule has 2 N–H and O–H groups in total. The molecule has 0 saturated heterocycles. The van der Waals surface area contributed by atoms with Crippen molar-refractivity contribution in [2.75, 3.05) is 13.2 Å². The van der Waals surface area contributed by atoms with Crippen molar-refractivity contribution in [3.05, 3.63) is 96.6 Å². The zero-order valence-corrected chi connectivity index (χ0v) is 31.4. The van der Waals surface area contributed by atoms with E-state index in [-0.39, 0.29) is 33.5 Å². The summed E-state index contributed by atoms with van der Waals surface area (Å²) in [5, 5.41) is 47.4. The topological polar surface area (TPSA) is 158 Å². The van der Waals surface area contributed by atoms with Gasteiger partial charge in [0.05, 0.1) is 35.2 Å². The number of benzene rings is 3. The maximum Gasteiger partial charge on any atom is 0.318 e. The van der Waals surface area contributed by atoms with E-state index in [0.29, 0.717) is 41.9 Å². The summed E-state index contributed by atoms with van der Waals surface area (Å²) in [7, 11) is 0. The second-order valence-electron chi connectivity index (χ2n) is 14.5. The summed E-state index contributed by atoms with van der Waals surface area (Å²) in [6.07, 6.45) is 4.52. The van der Waals surface area contributed by atoms with Gasteiger partial charge < -0.3 is 19.7 Å². The molecule has 0 amide bonds. The molecule has 0 spiro atoms. The molecule has 50 heavy (non-hydrogen) atoms. The van der Waals surface area contributed by atoms with Crippen LogP contribution in [0, 0.1) is 20.2 Å². The molecule has 0 unspecified atom stereocenters. The Morgan fingerprint density at radius 1 is 0.800 bits per heavy atom. The fraction of sp³-hybridized carbons (Fsp3) is 0.500. The van der Waals surface area contributed by atoms with Crippen molar-refractivity contribution in [2.45, 2.75) is 110 Å². The average Bonchev–Trinajstić information content (AvgIpc) is 3.02. The molecule has 11 nitrogen and oxygen atoms in total. The van der Waals surface area contributed by atoms with Gasteiger partial charge in [-0.3, -0.25) is 25.2 Å². The van der Waals surface area contributed by atoms with Gasteiger partial charge in [-0.15, -0.1) is 0 Å². The third-order valence-electron chi connectivity index (χ3n) is 8.58. The number of phenolic OH excluding ortho intramolecular Hbond substituents is 1. The number of unbranched alkanes of at least 4 members (excludes halogenated alkanes) is 2. The van der Waals surface area contributed by atoms with E-state index >= 15 is 0 Å². The van der Waals surface area contributed by atoms with Crippen LogP contribution in [0.4, 0.5) is 11.4 Å². The van der Waals surface area contributed by atoms with E-state index in [1.807, 2.05) is 36.4 Å². The van der Waals surface area contributed by atoms with Crippen LogP contribution in [-0.2, 0) is 33.5 Å². The molecule has 0 aliphatic heterocycles. The smallest absolute Gasteiger partial charge is 0.318 e. The summed E-state index contributed by atoms with van der Waals surface area (Å²) < 4.78 is 12.6. The predicted octanol–water partition coefficient (Wildman–Crippen LogP) is 8.90. The predicted molar refractivity (Wildman–Crippen MR) is 193 cm³/mol. The first-order valence-corrected chi connectivity index (χ1v) is 16.8. The van der Waals surface area contributed by atoms with Gasteiger partial charge in [0.2, 0.25) is 5.75 Å². The number of phenols is 1. The Labute approximate surface area is 305 Å². The number of aromatic hydroxyl groups is 1. The zero-order chi connectivity index (χ0) is 36.7. The molecule has 3 rings (SSSR count). The van der Waals surface area contributed by atoms with Gasteiger partial charge in [0.1, 0.15) is 17.1 Å². The molecule has 1 atom stereocenters. The van der Waals surface area contributed by atoms with E-state index in [1.54, 1.807) is 6.92 Å². The molecule has 1 radical (unpaired) electrons. The minimum absolute atomic E-state index is 0. The number of hydrogen-bond donors (Lipinski definition) is 2. The average molecular weight is 741 g/mol. The molecule has 0 saturated carbocycles. The van der Waals surface area contributed by atoms with Gasteiger partial charge in [-0.2, -0.15) is 0 Å². The summed E-state index contributed by atoms with van der Waals surface area (Å²) in [6, 6.07) is 12.2. The van der Waals surface area contributed by atoms with E-state index in [9.17, 15) is 30.4 Å². The summed E-state index contributed by atoms with van der Waals surface area (Å²) in [6.45, 7) is 19.1. The Balaban J connectivity index is 0.00000867. The van der Waals surface area contributed by atoms with Gasteiger partial charge in [0.25, 0.3) is 5.69 Å². The van der Waals surface area contributed by atoms with Crippen molar-refractivity contribution in [2.24, 2.45) is 4.99 Å². The second-order valence-corrected chi connectivity index (χ2v) is 14.5. The standard InChI is InChI=1S/C38H51N3O8.Cu/c1-10-12-18-48-33-16-14-27(36(4,5)6)21-30(33)38(43,31-22-28(37(7,8)9)15-17-34(31)49-19-13-11-2)25(3)39-24-26-20-29(40(44)45)23-32(35(26)42)41(46)47;/h14-17,20-25,42-43H,10-13,18-19H2,1-9H3;/t25-;/m1./s1. The Hall–Kier alpha value is -3.99. The van der Waals surface area contributed by atoms with Crippen LogP contribution in [0.3, 0.4) is 0 Å². The van der Waals surface area contributed by atoms with Crippen LogP contribution in [0.2, 0.25) is 0 Å². The minimum atomic E-state index is -1.91. The van der Waals surface area contributed by atoms with Crippen LogP contribution >= 0.6 is 0 Å². The largest absolute Gasteiger partial charge is 0.502 e. The molecule has 0 fully saturated rings. The van der Waals surface area contributed by atoms with Crippen LogP contribution in [0.25, 0.3) is 0 Å². The fourth-order valence-electron chi connectivity index (χ4n) is 5.36. The third-order valence-corrected chi connectivity index (χ3v) is 8.58. The summed E-state index contributed by atoms with van der Waals surface area (Å²) >= 11 is 0. The summed E-state index contributed by atoms with van der Waals surface area (Å²) in [5.74, 6) is 0.146. The number of nitro groups is 2. The van der Waals surface area contributed by atoms with Gasteiger partial charge in [-0.1, -0.05) is 80.4 Å². The minimum Gasteiger partial charge on any atom is -0.502 e. The van der Waals surface area contributed by atoms with Crippen LogP contribution in [0.15, 0.2) is 53.5 Å². The molecule has 3 aromatic carbocycles. The molecule has 0 aromatic heterocycles. The molecule has 12 heteroatoms. The van der Waals surface area contributed by atoms with Crippen molar-refractivity contribution in [3.8, 4) is 17.2 Å². The number of hydrogen-bond acceptors (Lipinski definition) is 9. The third kappa shape index (κ3) is 9.83. The first kappa shape index (κ1) is 42.2. The monoisotopic (exact) mass is 740 g/mol. The molecule has 0 aliphatic carbocycles. The van der Waals surface area contributed by atoms with E-state index in [4.69, 9.17) is 9.47 Å². The quantitative estimate of drug-likeness (QED) is 0.0514. The van der Waals surface area contributed by atoms with Gasteiger partial charge in [0.15, 0.2) is 0 Å². The Morgan fingerprint density at radius 3 is 1.64 bits per heavy atom. The van der Waals surface area contributed by atoms with Crippen LogP contribution in [0.5, 0.6) is 17.2 Å². The Bertz CT molecular complexity index is 1610. The van der Waals surface area contributed by atoms with Crippen LogP contribution < -0.4 is 9.47 Å². The summed E-state index contributed by atoms with van der Waals surface area (Å²) in [4.78, 5) is 26.2. The number of aliphatic hydroxyl groups is 1. The van der Waals surface area contributed by atoms with E-state index in [1.165, 1.54) is 0 Å². The van der Waals surface area contributed by atoms with Crippen molar-refractivity contribution in [3.63, 3.8) is 0 Å². The number of nitro benzene ring substituents is 2. The number of ether oxygens (including phenoxy) is 2. The van der Waals surface area contributed by atoms with Crippen molar-refractivity contribution in [1.82, 2.24) is 0 Å². The number of aliphatic imine (C=N–C) groups is 1. The normalized spacial score (nSPS) is 12.8. The van der Waals surface area contributed by atoms with E-state index < -0.39 is 38.6 Å². The summed E-state index contributed by atoms with van der Waals surface area (Å²) in [5.41, 5.74) is -1.39. The molecular formula is C38H51CuN3O8. The van der Waals surface area contributed by atoms with Crippen molar-refractivity contribution >= 4 is 17.6 Å². The Morgan fingerprint density at radius 2 is 1.26 bits per heavy atom. The first-order valence-electron chi connectivity index (χ1n) is 16.8. The van der Waals surface area contributed by atoms with Gasteiger partial charge in [-0.05, 0) is 66.0 Å². The molecule has 3 aromatic rings. The number of non-ortho nitro benzene ring substituents is 1. The van der Waals surface area contributed by atoms with Crippen LogP contribution in [0.1, 0.15) is 116 Å². The Kier molecular flexibility index (Phi) is 14.6. The SMILES string of the molecule is CCCCOc1ccc(C(C)(C)C)cc1C(O)(c1cc(C(C)(C)C)ccc1OCCCC)[C@@H](C)N=Cc1cc([N+](=O)[O-])cc([N+](=O)[O-])c1O.[Cu]. The maximum absolute atomic E-state index is 13.4. The fourth-order valence-corrected chi connectivity index (χ4v) is 5.36. The molecule has 277 valence electrons. The second kappa shape index (κ2) is 17.3. The zero-order valence-electron chi connectivity index (χ0n) is 30.5. The van der Waals surface area contributed by atoms with E-state index in [2.05, 4.69) is 60.4 Å². The van der Waals surface area contributed by atoms with Crippen molar-refractivity contribution in [1.29, 1.82) is 0 Å². The number of rotatable bonds is 15. The van der Waals surface area contributed by atoms with Gasteiger partial charge in [0, 0.05) is 46.0 Å². The van der Waals surface area contributed by atoms with Crippen LogP contribution in [-0.4, -0.2) is 45.5 Å². The van der Waals surface area contributed by atoms with Crippen molar-refractivity contribution < 1.29 is 46.6 Å². The molecule has 0 bridgehead atoms. The number of nitrogens with zero attached hydrogens (tertiary/aromatic N) is 3.